The summed E-state index contributed by atoms with van der Waals surface area (Å²) in [7, 11) is 0. The van der Waals surface area contributed by atoms with Crippen molar-refractivity contribution in [2.24, 2.45) is 5.92 Å². The van der Waals surface area contributed by atoms with Gasteiger partial charge < -0.3 is 15.4 Å². The Labute approximate surface area is 158 Å². The van der Waals surface area contributed by atoms with Crippen LogP contribution in [0.4, 0.5) is 0 Å². The van der Waals surface area contributed by atoms with E-state index in [-0.39, 0.29) is 24.5 Å². The van der Waals surface area contributed by atoms with Crippen LogP contribution in [0.1, 0.15) is 36.2 Å². The molecule has 6 heteroatoms. The number of carboxylic acids is 1. The van der Waals surface area contributed by atoms with Crippen LogP contribution in [-0.2, 0) is 4.79 Å². The second kappa shape index (κ2) is 7.56. The Hall–Kier alpha value is -2.60. The van der Waals surface area contributed by atoms with Gasteiger partial charge in [-0.25, -0.2) is 0 Å². The Morgan fingerprint density at radius 1 is 1.11 bits per heavy atom. The first kappa shape index (κ1) is 17.8. The van der Waals surface area contributed by atoms with Crippen LogP contribution in [0.25, 0.3) is 11.3 Å². The number of carbonyl (C=O) groups excluding carboxylic acids is 1. The molecule has 2 fully saturated rings. The number of benzene rings is 1. The van der Waals surface area contributed by atoms with E-state index >= 15 is 0 Å². The second-order valence-electron chi connectivity index (χ2n) is 7.71. The van der Waals surface area contributed by atoms with Gasteiger partial charge in [-0.05, 0) is 49.3 Å². The molecule has 1 aromatic heterocycles. The highest BCUT2D eigenvalue weighted by Crippen LogP contribution is 2.33. The van der Waals surface area contributed by atoms with Gasteiger partial charge in [0.25, 0.3) is 5.91 Å². The monoisotopic (exact) mass is 367 g/mol. The van der Waals surface area contributed by atoms with Crippen molar-refractivity contribution < 1.29 is 14.7 Å². The number of H-pyrrole nitrogens is 1. The molecule has 0 atom stereocenters. The summed E-state index contributed by atoms with van der Waals surface area (Å²) in [5.41, 5.74) is 2.52. The van der Waals surface area contributed by atoms with Crippen molar-refractivity contribution in [3.05, 3.63) is 48.2 Å². The van der Waals surface area contributed by atoms with Crippen molar-refractivity contribution in [1.29, 1.82) is 0 Å². The van der Waals surface area contributed by atoms with Crippen LogP contribution in [0.3, 0.4) is 0 Å². The number of hydrogen-bond donors (Lipinski definition) is 3. The molecule has 1 amide bonds. The topological polar surface area (TPSA) is 85.4 Å². The average Bonchev–Trinajstić information content (AvgIpc) is 3.29. The highest BCUT2D eigenvalue weighted by molar-refractivity contribution is 5.93. The van der Waals surface area contributed by atoms with Gasteiger partial charge in [0.05, 0.1) is 6.54 Å². The van der Waals surface area contributed by atoms with E-state index in [9.17, 15) is 9.59 Å². The third-order valence-corrected chi connectivity index (χ3v) is 5.51. The highest BCUT2D eigenvalue weighted by atomic mass is 16.4. The molecule has 27 heavy (non-hydrogen) atoms. The van der Waals surface area contributed by atoms with Gasteiger partial charge >= 0.3 is 5.97 Å². The van der Waals surface area contributed by atoms with Gasteiger partial charge in [-0.3, -0.25) is 14.5 Å². The molecule has 1 heterocycles. The van der Waals surface area contributed by atoms with Crippen molar-refractivity contribution in [3.8, 4) is 11.3 Å². The number of rotatable bonds is 8. The van der Waals surface area contributed by atoms with Crippen molar-refractivity contribution in [2.45, 2.75) is 37.8 Å². The number of nitrogens with one attached hydrogen (secondary N) is 2. The van der Waals surface area contributed by atoms with Gasteiger partial charge in [-0.2, -0.15) is 0 Å². The molecule has 2 saturated carbocycles. The summed E-state index contributed by atoms with van der Waals surface area (Å²) in [6, 6.07) is 14.0. The lowest BCUT2D eigenvalue weighted by Gasteiger charge is -2.42. The quantitative estimate of drug-likeness (QED) is 0.670. The molecule has 3 N–H and O–H groups in total. The van der Waals surface area contributed by atoms with Crippen LogP contribution in [0.15, 0.2) is 42.5 Å². The molecule has 0 spiro atoms. The van der Waals surface area contributed by atoms with Crippen LogP contribution < -0.4 is 5.32 Å². The zero-order valence-corrected chi connectivity index (χ0v) is 15.2. The largest absolute Gasteiger partial charge is 0.480 e. The van der Waals surface area contributed by atoms with Gasteiger partial charge in [0.1, 0.15) is 5.69 Å². The number of aromatic amines is 1. The lowest BCUT2D eigenvalue weighted by Crippen LogP contribution is -2.55. The van der Waals surface area contributed by atoms with Crippen LogP contribution in [-0.4, -0.2) is 52.0 Å². The minimum atomic E-state index is -0.775. The molecule has 0 bridgehead atoms. The predicted molar refractivity (Wildman–Crippen MR) is 102 cm³/mol. The number of amides is 1. The Kier molecular flexibility index (Phi) is 4.99. The summed E-state index contributed by atoms with van der Waals surface area (Å²) in [6.45, 7) is 0.966. The molecule has 0 unspecified atom stereocenters. The van der Waals surface area contributed by atoms with E-state index in [1.54, 1.807) is 6.07 Å². The SMILES string of the molecule is O=C(O)CN(CC1CC1)C1CC(NC(=O)c2ccc(-c3ccccc3)[nH]2)C1. The third kappa shape index (κ3) is 4.39. The number of aliphatic carboxylic acids is 1. The molecule has 0 radical (unpaired) electrons. The normalized spacial score (nSPS) is 21.7. The number of carbonyl (C=O) groups is 2. The maximum Gasteiger partial charge on any atom is 0.317 e. The second-order valence-corrected chi connectivity index (χ2v) is 7.71. The van der Waals surface area contributed by atoms with Gasteiger partial charge in [0.2, 0.25) is 0 Å². The molecule has 2 aromatic rings. The first-order valence-electron chi connectivity index (χ1n) is 9.59. The Morgan fingerprint density at radius 2 is 1.85 bits per heavy atom. The first-order chi connectivity index (χ1) is 13.1. The molecule has 6 nitrogen and oxygen atoms in total. The fraction of sp³-hybridized carbons (Fsp3) is 0.429. The minimum Gasteiger partial charge on any atom is -0.480 e. The lowest BCUT2D eigenvalue weighted by atomic mass is 9.85. The molecule has 0 aliphatic heterocycles. The fourth-order valence-corrected chi connectivity index (χ4v) is 3.73. The van der Waals surface area contributed by atoms with Crippen molar-refractivity contribution in [3.63, 3.8) is 0 Å². The molecule has 1 aromatic carbocycles. The standard InChI is InChI=1S/C21H25N3O3/c25-20(26)13-24(12-14-6-7-14)17-10-16(11-17)22-21(27)19-9-8-18(23-19)15-4-2-1-3-5-15/h1-5,8-9,14,16-17,23H,6-7,10-13H2,(H,22,27)(H,25,26). The van der Waals surface area contributed by atoms with Crippen LogP contribution in [0, 0.1) is 5.92 Å². The first-order valence-corrected chi connectivity index (χ1v) is 9.59. The predicted octanol–water partition coefficient (Wildman–Crippen LogP) is 2.74. The molecule has 2 aliphatic carbocycles. The van der Waals surface area contributed by atoms with E-state index in [0.717, 1.165) is 30.6 Å². The maximum atomic E-state index is 12.5. The number of aromatic nitrogens is 1. The van der Waals surface area contributed by atoms with Crippen LogP contribution in [0.2, 0.25) is 0 Å². The molecule has 142 valence electrons. The van der Waals surface area contributed by atoms with E-state index in [2.05, 4.69) is 15.2 Å². The zero-order chi connectivity index (χ0) is 18.8. The smallest absolute Gasteiger partial charge is 0.317 e. The Balaban J connectivity index is 1.30. The third-order valence-electron chi connectivity index (χ3n) is 5.51. The molecular weight excluding hydrogens is 342 g/mol. The van der Waals surface area contributed by atoms with Crippen molar-refractivity contribution in [2.75, 3.05) is 13.1 Å². The van der Waals surface area contributed by atoms with E-state index in [1.165, 1.54) is 12.8 Å². The highest BCUT2D eigenvalue weighted by Gasteiger charge is 2.37. The minimum absolute atomic E-state index is 0.0961. The summed E-state index contributed by atoms with van der Waals surface area (Å²) < 4.78 is 0. The van der Waals surface area contributed by atoms with E-state index < -0.39 is 5.97 Å². The molecule has 4 rings (SSSR count). The average molecular weight is 367 g/mol. The number of nitrogens with zero attached hydrogens (tertiary/aromatic N) is 1. The molecular formula is C21H25N3O3. The Bertz CT molecular complexity index is 807. The van der Waals surface area contributed by atoms with Gasteiger partial charge in [0.15, 0.2) is 0 Å². The summed E-state index contributed by atoms with van der Waals surface area (Å²) in [5, 5.41) is 12.2. The van der Waals surface area contributed by atoms with E-state index in [4.69, 9.17) is 5.11 Å². The van der Waals surface area contributed by atoms with Crippen molar-refractivity contribution >= 4 is 11.9 Å². The van der Waals surface area contributed by atoms with Crippen molar-refractivity contribution in [1.82, 2.24) is 15.2 Å². The maximum absolute atomic E-state index is 12.5. The summed E-state index contributed by atoms with van der Waals surface area (Å²) >= 11 is 0. The van der Waals surface area contributed by atoms with E-state index in [0.29, 0.717) is 11.6 Å². The fourth-order valence-electron chi connectivity index (χ4n) is 3.73. The summed E-state index contributed by atoms with van der Waals surface area (Å²) in [6.07, 6.45) is 4.05. The van der Waals surface area contributed by atoms with Crippen LogP contribution >= 0.6 is 0 Å². The Morgan fingerprint density at radius 3 is 2.52 bits per heavy atom. The molecule has 0 saturated heterocycles. The number of carboxylic acid groups (broad SMARTS) is 1. The summed E-state index contributed by atoms with van der Waals surface area (Å²) in [4.78, 5) is 28.8. The number of hydrogen-bond acceptors (Lipinski definition) is 3. The summed E-state index contributed by atoms with van der Waals surface area (Å²) in [5.74, 6) is -0.219. The van der Waals surface area contributed by atoms with Gasteiger partial charge in [-0.1, -0.05) is 30.3 Å². The van der Waals surface area contributed by atoms with Gasteiger partial charge in [0, 0.05) is 24.3 Å². The van der Waals surface area contributed by atoms with E-state index in [1.807, 2.05) is 36.4 Å². The van der Waals surface area contributed by atoms with Gasteiger partial charge in [-0.15, -0.1) is 0 Å². The molecule has 2 aliphatic rings. The zero-order valence-electron chi connectivity index (χ0n) is 15.2. The lowest BCUT2D eigenvalue weighted by molar-refractivity contribution is -0.139. The van der Waals surface area contributed by atoms with Crippen LogP contribution in [0.5, 0.6) is 0 Å².